The Morgan fingerprint density at radius 2 is 1.71 bits per heavy atom. The molecule has 11 heteroatoms. The number of hydrogen-bond donors (Lipinski definition) is 3. The van der Waals surface area contributed by atoms with E-state index < -0.39 is 18.5 Å². The van der Waals surface area contributed by atoms with Crippen LogP contribution in [0.25, 0.3) is 0 Å². The number of nitrogens with zero attached hydrogens (tertiary/aromatic N) is 1. The van der Waals surface area contributed by atoms with E-state index in [1.54, 1.807) is 17.0 Å². The molecule has 3 N–H and O–H groups in total. The Morgan fingerprint density at radius 1 is 0.978 bits per heavy atom. The number of anilines is 1. The molecule has 3 aromatic carbocycles. The summed E-state index contributed by atoms with van der Waals surface area (Å²) in [6, 6.07) is 20.2. The molecule has 2 aliphatic rings. The number of alkyl halides is 3. The lowest BCUT2D eigenvalue weighted by Gasteiger charge is -2.26. The van der Waals surface area contributed by atoms with E-state index >= 15 is 0 Å². The van der Waals surface area contributed by atoms with Crippen molar-refractivity contribution in [3.8, 4) is 5.75 Å². The van der Waals surface area contributed by atoms with Crippen molar-refractivity contribution < 1.29 is 32.6 Å². The van der Waals surface area contributed by atoms with Gasteiger partial charge >= 0.3 is 6.36 Å². The van der Waals surface area contributed by atoms with Crippen LogP contribution in [-0.4, -0.2) is 48.5 Å². The summed E-state index contributed by atoms with van der Waals surface area (Å²) in [4.78, 5) is 28.1. The highest BCUT2D eigenvalue weighted by molar-refractivity contribution is 5.99. The minimum absolute atomic E-state index is 0. The lowest BCUT2D eigenvalue weighted by Crippen LogP contribution is -2.48. The van der Waals surface area contributed by atoms with Gasteiger partial charge in [-0.2, -0.15) is 0 Å². The summed E-state index contributed by atoms with van der Waals surface area (Å²) in [5, 5.41) is 17.4. The fourth-order valence-electron chi connectivity index (χ4n) is 6.10. The Hall–Kier alpha value is -3.60. The average Bonchev–Trinajstić information content (AvgIpc) is 3.69. The van der Waals surface area contributed by atoms with Crippen LogP contribution in [0.2, 0.25) is 0 Å². The van der Waals surface area contributed by atoms with E-state index in [2.05, 4.69) is 15.4 Å². The number of benzene rings is 3. The Morgan fingerprint density at radius 3 is 2.40 bits per heavy atom. The van der Waals surface area contributed by atoms with Gasteiger partial charge in [-0.25, -0.2) is 0 Å². The Labute approximate surface area is 267 Å². The van der Waals surface area contributed by atoms with E-state index in [9.17, 15) is 27.9 Å². The molecule has 5 rings (SSSR count). The second-order valence-electron chi connectivity index (χ2n) is 11.6. The lowest BCUT2D eigenvalue weighted by molar-refractivity contribution is -0.274. The molecule has 2 atom stereocenters. The highest BCUT2D eigenvalue weighted by Gasteiger charge is 2.31. The summed E-state index contributed by atoms with van der Waals surface area (Å²) in [5.41, 5.74) is 3.72. The molecule has 1 heterocycles. The zero-order valence-electron chi connectivity index (χ0n) is 24.9. The van der Waals surface area contributed by atoms with Crippen molar-refractivity contribution in [1.29, 1.82) is 0 Å². The van der Waals surface area contributed by atoms with Crippen molar-refractivity contribution >= 4 is 29.9 Å². The van der Waals surface area contributed by atoms with E-state index in [0.29, 0.717) is 36.4 Å². The molecule has 3 aromatic rings. The Kier molecular flexibility index (Phi) is 11.9. The zero-order chi connectivity index (χ0) is 31.1. The molecular formula is C34H39ClF3N3O4. The molecule has 2 fully saturated rings. The highest BCUT2D eigenvalue weighted by Crippen LogP contribution is 2.37. The van der Waals surface area contributed by atoms with Crippen LogP contribution in [0.3, 0.4) is 0 Å². The van der Waals surface area contributed by atoms with Crippen LogP contribution >= 0.6 is 12.4 Å². The number of hydrogen-bond acceptors (Lipinski definition) is 5. The minimum Gasteiger partial charge on any atom is -0.406 e. The third kappa shape index (κ3) is 9.69. The van der Waals surface area contributed by atoms with Gasteiger partial charge in [-0.05, 0) is 78.6 Å². The van der Waals surface area contributed by atoms with Gasteiger partial charge in [0.15, 0.2) is 0 Å². The Bertz CT molecular complexity index is 1430. The SMILES string of the molecule is Cl.O=C(N[C@@H](Cc1ccccc1)[C@@H](O)CNCc1cccc(OC(F)(F)F)c1)c1cc(C2CCCC2)cc(N2CCCC2=O)c1. The topological polar surface area (TPSA) is 90.9 Å². The molecule has 1 saturated carbocycles. The summed E-state index contributed by atoms with van der Waals surface area (Å²) in [7, 11) is 0. The van der Waals surface area contributed by atoms with Gasteiger partial charge in [-0.3, -0.25) is 9.59 Å². The van der Waals surface area contributed by atoms with Gasteiger partial charge in [-0.15, -0.1) is 25.6 Å². The summed E-state index contributed by atoms with van der Waals surface area (Å²) >= 11 is 0. The molecule has 0 aromatic heterocycles. The normalized spacial score (nSPS) is 16.7. The molecule has 0 unspecified atom stereocenters. The predicted octanol–water partition coefficient (Wildman–Crippen LogP) is 6.28. The number of ether oxygens (including phenoxy) is 1. The lowest BCUT2D eigenvalue weighted by atomic mass is 9.94. The van der Waals surface area contributed by atoms with Gasteiger partial charge in [0, 0.05) is 37.3 Å². The van der Waals surface area contributed by atoms with Crippen molar-refractivity contribution in [2.24, 2.45) is 0 Å². The molecule has 242 valence electrons. The molecule has 0 spiro atoms. The number of carbonyl (C=O) groups is 2. The van der Waals surface area contributed by atoms with Crippen molar-refractivity contribution in [3.05, 3.63) is 95.1 Å². The summed E-state index contributed by atoms with van der Waals surface area (Å²) < 4.78 is 41.9. The molecule has 45 heavy (non-hydrogen) atoms. The number of aliphatic hydroxyl groups is 1. The second kappa shape index (κ2) is 15.6. The van der Waals surface area contributed by atoms with E-state index in [-0.39, 0.29) is 43.1 Å². The van der Waals surface area contributed by atoms with Crippen molar-refractivity contribution in [2.45, 2.75) is 75.9 Å². The predicted molar refractivity (Wildman–Crippen MR) is 169 cm³/mol. The fraction of sp³-hybridized carbons (Fsp3) is 0.412. The van der Waals surface area contributed by atoms with E-state index in [1.807, 2.05) is 42.5 Å². The first kappa shape index (κ1) is 34.3. The maximum absolute atomic E-state index is 13.8. The summed E-state index contributed by atoms with van der Waals surface area (Å²) in [5.74, 6) is -0.260. The number of halogens is 4. The maximum Gasteiger partial charge on any atom is 0.573 e. The molecule has 0 radical (unpaired) electrons. The second-order valence-corrected chi connectivity index (χ2v) is 11.6. The number of amides is 2. The molecule has 7 nitrogen and oxygen atoms in total. The van der Waals surface area contributed by atoms with Crippen LogP contribution < -0.4 is 20.3 Å². The van der Waals surface area contributed by atoms with Crippen molar-refractivity contribution in [2.75, 3.05) is 18.0 Å². The van der Waals surface area contributed by atoms with E-state index in [0.717, 1.165) is 48.9 Å². The van der Waals surface area contributed by atoms with Crippen molar-refractivity contribution in [1.82, 2.24) is 10.6 Å². The monoisotopic (exact) mass is 645 g/mol. The zero-order valence-corrected chi connectivity index (χ0v) is 25.7. The van der Waals surface area contributed by atoms with Crippen LogP contribution in [0.15, 0.2) is 72.8 Å². The number of carbonyl (C=O) groups excluding carboxylic acids is 2. The third-order valence-electron chi connectivity index (χ3n) is 8.31. The molecule has 1 saturated heterocycles. The maximum atomic E-state index is 13.8. The largest absolute Gasteiger partial charge is 0.573 e. The first-order chi connectivity index (χ1) is 21.1. The van der Waals surface area contributed by atoms with Gasteiger partial charge in [0.05, 0.1) is 12.1 Å². The first-order valence-electron chi connectivity index (χ1n) is 15.2. The Balaban J connectivity index is 0.00000461. The fourth-order valence-corrected chi connectivity index (χ4v) is 6.10. The molecular weight excluding hydrogens is 607 g/mol. The molecule has 2 amide bonds. The number of aliphatic hydroxyl groups excluding tert-OH is 1. The van der Waals surface area contributed by atoms with E-state index in [1.165, 1.54) is 18.2 Å². The molecule has 1 aliphatic heterocycles. The van der Waals surface area contributed by atoms with Crippen LogP contribution in [0.5, 0.6) is 5.75 Å². The molecule has 1 aliphatic carbocycles. The minimum atomic E-state index is -4.79. The standard InChI is InChI=1S/C34H38F3N3O4.ClH/c35-34(36,37)44-29-13-6-10-24(16-29)21-38-22-31(41)30(17-23-8-2-1-3-9-23)39-33(43)27-18-26(25-11-4-5-12-25)19-28(20-27)40-15-7-14-32(40)42;/h1-3,6,8-10,13,16,18-20,25,30-31,38,41H,4-5,7,11-12,14-15,17,21-22H2,(H,39,43);1H/t30-,31-;/m0./s1. The highest BCUT2D eigenvalue weighted by atomic mass is 35.5. The average molecular weight is 646 g/mol. The van der Waals surface area contributed by atoms with Crippen LogP contribution in [0.4, 0.5) is 18.9 Å². The van der Waals surface area contributed by atoms with Gasteiger partial charge in [0.25, 0.3) is 5.91 Å². The number of rotatable bonds is 12. The van der Waals surface area contributed by atoms with Gasteiger partial charge < -0.3 is 25.4 Å². The summed E-state index contributed by atoms with van der Waals surface area (Å²) in [6.45, 7) is 0.896. The number of nitrogens with one attached hydrogen (secondary N) is 2. The van der Waals surface area contributed by atoms with Gasteiger partial charge in [-0.1, -0.05) is 55.3 Å². The van der Waals surface area contributed by atoms with Gasteiger partial charge in [0.1, 0.15) is 5.75 Å². The van der Waals surface area contributed by atoms with E-state index in [4.69, 9.17) is 0 Å². The smallest absolute Gasteiger partial charge is 0.406 e. The van der Waals surface area contributed by atoms with Crippen LogP contribution in [-0.2, 0) is 17.8 Å². The van der Waals surface area contributed by atoms with Crippen molar-refractivity contribution in [3.63, 3.8) is 0 Å². The first-order valence-corrected chi connectivity index (χ1v) is 15.2. The van der Waals surface area contributed by atoms with Crippen LogP contribution in [0, 0.1) is 0 Å². The third-order valence-corrected chi connectivity index (χ3v) is 8.31. The molecule has 0 bridgehead atoms. The quantitative estimate of drug-likeness (QED) is 0.216. The van der Waals surface area contributed by atoms with Crippen LogP contribution in [0.1, 0.15) is 71.5 Å². The van der Waals surface area contributed by atoms with Gasteiger partial charge in [0.2, 0.25) is 5.91 Å². The summed E-state index contributed by atoms with van der Waals surface area (Å²) in [6.07, 6.45) is 0.214.